The lowest BCUT2D eigenvalue weighted by Gasteiger charge is -2.06. The van der Waals surface area contributed by atoms with Gasteiger partial charge in [0, 0.05) is 0 Å². The van der Waals surface area contributed by atoms with E-state index in [0.717, 1.165) is 17.4 Å². The number of nitrogens with zero attached hydrogens (tertiary/aromatic N) is 1. The Bertz CT molecular complexity index is 829. The number of benzene rings is 1. The van der Waals surface area contributed by atoms with Gasteiger partial charge in [-0.1, -0.05) is 17.3 Å². The van der Waals surface area contributed by atoms with Crippen molar-refractivity contribution in [1.29, 1.82) is 0 Å². The maximum atomic E-state index is 13.9. The number of anilines is 1. The highest BCUT2D eigenvalue weighted by molar-refractivity contribution is 7.16. The van der Waals surface area contributed by atoms with Crippen molar-refractivity contribution in [1.82, 2.24) is 4.57 Å². The van der Waals surface area contributed by atoms with Crippen molar-refractivity contribution in [2.45, 2.75) is 19.9 Å². The first-order valence-electron chi connectivity index (χ1n) is 5.98. The van der Waals surface area contributed by atoms with E-state index < -0.39 is 11.7 Å². The average molecular weight is 306 g/mol. The highest BCUT2D eigenvalue weighted by Gasteiger charge is 2.14. The topological polar surface area (TPSA) is 68.2 Å². The van der Waals surface area contributed by atoms with E-state index in [1.54, 1.807) is 0 Å². The molecule has 1 amide bonds. The number of carbonyl (C=O) groups excluding carboxylic acids is 2. The quantitative estimate of drug-likeness (QED) is 0.691. The van der Waals surface area contributed by atoms with E-state index in [4.69, 9.17) is 6.42 Å². The van der Waals surface area contributed by atoms with Crippen LogP contribution in [0.4, 0.5) is 10.1 Å². The van der Waals surface area contributed by atoms with Crippen LogP contribution in [-0.4, -0.2) is 16.3 Å². The minimum absolute atomic E-state index is 0.0608. The van der Waals surface area contributed by atoms with Crippen LogP contribution in [0.1, 0.15) is 13.3 Å². The van der Waals surface area contributed by atoms with Gasteiger partial charge in [0.15, 0.2) is 0 Å². The summed E-state index contributed by atoms with van der Waals surface area (Å²) in [5, 5.41) is 2.32. The number of nitrogens with one attached hydrogen (secondary N) is 1. The zero-order valence-electron chi connectivity index (χ0n) is 11.1. The zero-order valence-corrected chi connectivity index (χ0v) is 11.9. The Hall–Kier alpha value is -2.46. The van der Waals surface area contributed by atoms with Gasteiger partial charge < -0.3 is 5.32 Å². The molecule has 0 aliphatic rings. The molecule has 108 valence electrons. The molecule has 0 saturated carbocycles. The fraction of sp³-hybridized carbons (Fsp3) is 0.214. The second kappa shape index (κ2) is 5.89. The van der Waals surface area contributed by atoms with Gasteiger partial charge in [-0.15, -0.1) is 6.42 Å². The molecule has 1 heterocycles. The van der Waals surface area contributed by atoms with Crippen LogP contribution in [0.25, 0.3) is 10.2 Å². The summed E-state index contributed by atoms with van der Waals surface area (Å²) in [7, 11) is 0. The van der Waals surface area contributed by atoms with Crippen molar-refractivity contribution in [3.63, 3.8) is 0 Å². The minimum atomic E-state index is -0.673. The number of fused-ring (bicyclic) bond motifs is 1. The Morgan fingerprint density at radius 3 is 2.81 bits per heavy atom. The Labute approximate surface area is 123 Å². The molecular formula is C14H11FN2O3S. The Kier molecular flexibility index (Phi) is 4.19. The van der Waals surface area contributed by atoms with Crippen molar-refractivity contribution < 1.29 is 14.0 Å². The van der Waals surface area contributed by atoms with Gasteiger partial charge in [-0.25, -0.2) is 4.39 Å². The number of hydrogen-bond donors (Lipinski definition) is 1. The smallest absolute Gasteiger partial charge is 0.309 e. The highest BCUT2D eigenvalue weighted by Crippen LogP contribution is 2.25. The van der Waals surface area contributed by atoms with Gasteiger partial charge in [0.25, 0.3) is 0 Å². The lowest BCUT2D eigenvalue weighted by atomic mass is 10.2. The third kappa shape index (κ3) is 3.17. The van der Waals surface area contributed by atoms with Crippen molar-refractivity contribution in [3.8, 4) is 12.3 Å². The standard InChI is InChI=1S/C14H11FN2O3S/c1-3-4-17-11-7-10(16-13(19)5-8(2)18)9(15)6-12(11)21-14(17)20/h1,6-7H,4-5H2,2H3,(H,16,19). The lowest BCUT2D eigenvalue weighted by Crippen LogP contribution is -2.16. The molecule has 0 spiro atoms. The average Bonchev–Trinajstić information content (AvgIpc) is 2.66. The fourth-order valence-corrected chi connectivity index (χ4v) is 2.74. The maximum absolute atomic E-state index is 13.9. The highest BCUT2D eigenvalue weighted by atomic mass is 32.1. The van der Waals surface area contributed by atoms with Gasteiger partial charge in [0.2, 0.25) is 5.91 Å². The summed E-state index contributed by atoms with van der Waals surface area (Å²) < 4.78 is 15.7. The monoisotopic (exact) mass is 306 g/mol. The van der Waals surface area contributed by atoms with Crippen LogP contribution in [0.3, 0.4) is 0 Å². The van der Waals surface area contributed by atoms with Crippen molar-refractivity contribution in [2.24, 2.45) is 0 Å². The van der Waals surface area contributed by atoms with E-state index in [1.807, 2.05) is 0 Å². The molecule has 1 N–H and O–H groups in total. The zero-order chi connectivity index (χ0) is 15.6. The van der Waals surface area contributed by atoms with E-state index in [9.17, 15) is 18.8 Å². The molecule has 0 aliphatic carbocycles. The van der Waals surface area contributed by atoms with Crippen molar-refractivity contribution in [2.75, 3.05) is 5.32 Å². The SMILES string of the molecule is C#CCn1c(=O)sc2cc(F)c(NC(=O)CC(C)=O)cc21. The van der Waals surface area contributed by atoms with Gasteiger partial charge in [-0.3, -0.25) is 19.0 Å². The van der Waals surface area contributed by atoms with E-state index in [-0.39, 0.29) is 29.3 Å². The Morgan fingerprint density at radius 2 is 2.19 bits per heavy atom. The summed E-state index contributed by atoms with van der Waals surface area (Å²) in [6.45, 7) is 1.33. The molecule has 0 saturated heterocycles. The van der Waals surface area contributed by atoms with Crippen LogP contribution in [0, 0.1) is 18.2 Å². The molecule has 7 heteroatoms. The molecule has 1 aromatic heterocycles. The largest absolute Gasteiger partial charge is 0.323 e. The van der Waals surface area contributed by atoms with E-state index in [2.05, 4.69) is 11.2 Å². The first-order valence-corrected chi connectivity index (χ1v) is 6.79. The first kappa shape index (κ1) is 14.9. The molecule has 21 heavy (non-hydrogen) atoms. The number of halogens is 1. The molecule has 0 fully saturated rings. The fourth-order valence-electron chi connectivity index (χ4n) is 1.84. The summed E-state index contributed by atoms with van der Waals surface area (Å²) in [6, 6.07) is 2.51. The molecule has 2 aromatic rings. The third-order valence-electron chi connectivity index (χ3n) is 2.69. The Balaban J connectivity index is 2.45. The number of aromatic nitrogens is 1. The summed E-state index contributed by atoms with van der Waals surface area (Å²) >= 11 is 0.876. The predicted molar refractivity (Wildman–Crippen MR) is 78.8 cm³/mol. The minimum Gasteiger partial charge on any atom is -0.323 e. The number of thiazole rings is 1. The molecule has 0 radical (unpaired) electrons. The van der Waals surface area contributed by atoms with Gasteiger partial charge in [0.05, 0.1) is 28.9 Å². The van der Waals surface area contributed by atoms with Gasteiger partial charge in [-0.05, 0) is 19.1 Å². The van der Waals surface area contributed by atoms with Crippen LogP contribution in [0.2, 0.25) is 0 Å². The molecule has 0 bridgehead atoms. The summed E-state index contributed by atoms with van der Waals surface area (Å²) in [5.74, 6) is 0.741. The molecule has 0 unspecified atom stereocenters. The predicted octanol–water partition coefficient (Wildman–Crippen LogP) is 1.75. The summed E-state index contributed by atoms with van der Waals surface area (Å²) in [4.78, 5) is 33.8. The second-order valence-electron chi connectivity index (χ2n) is 4.38. The Morgan fingerprint density at radius 1 is 1.48 bits per heavy atom. The van der Waals surface area contributed by atoms with Gasteiger partial charge in [-0.2, -0.15) is 0 Å². The van der Waals surface area contributed by atoms with E-state index in [1.165, 1.54) is 17.6 Å². The number of amides is 1. The van der Waals surface area contributed by atoms with E-state index >= 15 is 0 Å². The van der Waals surface area contributed by atoms with Crippen LogP contribution >= 0.6 is 11.3 Å². The molecule has 1 aromatic carbocycles. The number of rotatable bonds is 4. The number of ketones is 1. The number of carbonyl (C=O) groups is 2. The van der Waals surface area contributed by atoms with Crippen molar-refractivity contribution >= 4 is 38.9 Å². The van der Waals surface area contributed by atoms with Crippen molar-refractivity contribution in [3.05, 3.63) is 27.6 Å². The maximum Gasteiger partial charge on any atom is 0.309 e. The molecular weight excluding hydrogens is 295 g/mol. The molecule has 0 aliphatic heterocycles. The molecule has 5 nitrogen and oxygen atoms in total. The van der Waals surface area contributed by atoms with Crippen LogP contribution in [-0.2, 0) is 16.1 Å². The first-order chi connectivity index (χ1) is 9.92. The van der Waals surface area contributed by atoms with E-state index in [0.29, 0.717) is 10.2 Å². The third-order valence-corrected chi connectivity index (χ3v) is 3.63. The summed E-state index contributed by atoms with van der Waals surface area (Å²) in [6.07, 6.45) is 4.86. The number of terminal acetylenes is 1. The summed E-state index contributed by atoms with van der Waals surface area (Å²) in [5.41, 5.74) is 0.361. The normalized spacial score (nSPS) is 10.3. The number of Topliss-reactive ketones (excluding diaryl/α,β-unsaturated/α-hetero) is 1. The molecule has 0 atom stereocenters. The molecule has 2 rings (SSSR count). The van der Waals surface area contributed by atoms with Crippen LogP contribution in [0.5, 0.6) is 0 Å². The van der Waals surface area contributed by atoms with Crippen LogP contribution in [0.15, 0.2) is 16.9 Å². The number of hydrogen-bond acceptors (Lipinski definition) is 4. The second-order valence-corrected chi connectivity index (χ2v) is 5.38. The van der Waals surface area contributed by atoms with Gasteiger partial charge >= 0.3 is 4.87 Å². The van der Waals surface area contributed by atoms with Gasteiger partial charge in [0.1, 0.15) is 11.6 Å². The lowest BCUT2D eigenvalue weighted by molar-refractivity contribution is -0.124. The van der Waals surface area contributed by atoms with Crippen LogP contribution < -0.4 is 10.2 Å².